The minimum absolute atomic E-state index is 0. The Hall–Kier alpha value is -2.05. The van der Waals surface area contributed by atoms with E-state index in [0.717, 1.165) is 12.8 Å². The van der Waals surface area contributed by atoms with E-state index in [-0.39, 0.29) is 71.8 Å². The summed E-state index contributed by atoms with van der Waals surface area (Å²) in [5.74, 6) is -1.82. The molecule has 3 N–H and O–H groups in total. The van der Waals surface area contributed by atoms with Crippen molar-refractivity contribution in [3.05, 3.63) is 66.1 Å². The van der Waals surface area contributed by atoms with Gasteiger partial charge in [0.05, 0.1) is 24.3 Å². The number of aliphatic hydroxyl groups is 2. The second kappa shape index (κ2) is 14.8. The standard InChI is InChI=1S/C32H41FN2O6S.Na.H/c1-20(2)30-32(42(40,41)35-21(3)10-11-22(35)4)29(23-8-6-5-7-9-23)31(24-12-14-25(33)15-13-24)34(30)17-16-26(36)18-27(37)19-28(38)39;;/h5-9,12-15,20-22,26-27,36-37H,10-11,16-19H2,1-4H3,(H,38,39);;/t21-,22-,26+,27+;;/m0../s1. The molecule has 4 atom stereocenters. The molecule has 2 heterocycles. The number of nitrogens with zero attached hydrogens (tertiary/aromatic N) is 2. The second-order valence-corrected chi connectivity index (χ2v) is 13.4. The van der Waals surface area contributed by atoms with Gasteiger partial charge in [-0.05, 0) is 80.8 Å². The van der Waals surface area contributed by atoms with Gasteiger partial charge in [0.2, 0.25) is 10.0 Å². The molecular formula is C32H42FN2NaO6S. The number of aromatic nitrogens is 1. The van der Waals surface area contributed by atoms with Crippen molar-refractivity contribution in [2.75, 3.05) is 0 Å². The SMILES string of the molecule is CC(C)c1c(S(=O)(=O)N2[C@@H](C)CC[C@@H]2C)c(-c2ccccc2)c(-c2ccc(F)cc2)n1CC[C@@H](O)C[C@@H](O)CC(=O)O.[NaH]. The van der Waals surface area contributed by atoms with Gasteiger partial charge in [-0.25, -0.2) is 12.8 Å². The minimum atomic E-state index is -4.01. The second-order valence-electron chi connectivity index (χ2n) is 11.7. The first-order valence-electron chi connectivity index (χ1n) is 14.5. The van der Waals surface area contributed by atoms with Crippen LogP contribution in [0.25, 0.3) is 22.4 Å². The summed E-state index contributed by atoms with van der Waals surface area (Å²) >= 11 is 0. The molecule has 0 unspecified atom stereocenters. The first kappa shape index (κ1) is 35.4. The molecule has 1 saturated heterocycles. The van der Waals surface area contributed by atoms with Crippen LogP contribution in [0.4, 0.5) is 4.39 Å². The predicted molar refractivity (Wildman–Crippen MR) is 167 cm³/mol. The van der Waals surface area contributed by atoms with Crippen LogP contribution in [0.5, 0.6) is 0 Å². The number of halogens is 1. The Morgan fingerprint density at radius 2 is 1.53 bits per heavy atom. The summed E-state index contributed by atoms with van der Waals surface area (Å²) in [7, 11) is -4.01. The third-order valence-electron chi connectivity index (χ3n) is 8.03. The van der Waals surface area contributed by atoms with Crippen LogP contribution >= 0.6 is 0 Å². The normalized spacial score (nSPS) is 18.9. The average Bonchev–Trinajstić information content (AvgIpc) is 3.45. The van der Waals surface area contributed by atoms with Crippen LogP contribution in [-0.2, 0) is 21.4 Å². The van der Waals surface area contributed by atoms with Gasteiger partial charge in [0, 0.05) is 29.9 Å². The zero-order chi connectivity index (χ0) is 30.8. The number of sulfonamides is 1. The van der Waals surface area contributed by atoms with Crippen molar-refractivity contribution in [3.8, 4) is 22.4 Å². The fourth-order valence-electron chi connectivity index (χ4n) is 6.21. The van der Waals surface area contributed by atoms with Crippen molar-refractivity contribution >= 4 is 45.5 Å². The van der Waals surface area contributed by atoms with Crippen LogP contribution in [0.1, 0.15) is 71.4 Å². The molecule has 3 aromatic rings. The molecule has 230 valence electrons. The van der Waals surface area contributed by atoms with E-state index < -0.39 is 40.4 Å². The first-order chi connectivity index (χ1) is 19.8. The number of aliphatic hydroxyl groups excluding tert-OH is 2. The van der Waals surface area contributed by atoms with Crippen LogP contribution in [0.3, 0.4) is 0 Å². The monoisotopic (exact) mass is 624 g/mol. The summed E-state index contributed by atoms with van der Waals surface area (Å²) in [5, 5.41) is 29.9. The van der Waals surface area contributed by atoms with E-state index in [2.05, 4.69) is 0 Å². The van der Waals surface area contributed by atoms with Gasteiger partial charge in [-0.3, -0.25) is 4.79 Å². The van der Waals surface area contributed by atoms with Gasteiger partial charge >= 0.3 is 35.5 Å². The number of carboxylic acids is 1. The fourth-order valence-corrected chi connectivity index (χ4v) is 8.66. The molecule has 1 aromatic heterocycles. The fraction of sp³-hybridized carbons (Fsp3) is 0.469. The summed E-state index contributed by atoms with van der Waals surface area (Å²) in [6.45, 7) is 7.90. The van der Waals surface area contributed by atoms with Gasteiger partial charge in [-0.15, -0.1) is 0 Å². The number of benzene rings is 2. The number of aliphatic carboxylic acids is 1. The molecule has 0 radical (unpaired) electrons. The van der Waals surface area contributed by atoms with Crippen LogP contribution in [0.15, 0.2) is 59.5 Å². The topological polar surface area (TPSA) is 120 Å². The Bertz CT molecular complexity index is 1480. The molecule has 8 nitrogen and oxygen atoms in total. The van der Waals surface area contributed by atoms with Crippen molar-refractivity contribution in [2.24, 2.45) is 0 Å². The Morgan fingerprint density at radius 1 is 0.953 bits per heavy atom. The number of hydrogen-bond acceptors (Lipinski definition) is 5. The van der Waals surface area contributed by atoms with E-state index in [1.165, 1.54) is 12.1 Å². The molecule has 1 aliphatic heterocycles. The van der Waals surface area contributed by atoms with Crippen LogP contribution < -0.4 is 0 Å². The van der Waals surface area contributed by atoms with Crippen LogP contribution in [0.2, 0.25) is 0 Å². The maximum atomic E-state index is 14.7. The third-order valence-corrected chi connectivity index (χ3v) is 10.2. The Kier molecular flexibility index (Phi) is 12.2. The molecule has 43 heavy (non-hydrogen) atoms. The van der Waals surface area contributed by atoms with Gasteiger partial charge in [0.15, 0.2) is 0 Å². The number of carboxylic acid groups (broad SMARTS) is 1. The van der Waals surface area contributed by atoms with Crippen molar-refractivity contribution in [1.29, 1.82) is 0 Å². The molecule has 1 fully saturated rings. The molecule has 11 heteroatoms. The summed E-state index contributed by atoms with van der Waals surface area (Å²) in [5.41, 5.74) is 3.03. The number of rotatable bonds is 12. The number of carbonyl (C=O) groups is 1. The molecule has 0 saturated carbocycles. The quantitative estimate of drug-likeness (QED) is 0.245. The van der Waals surface area contributed by atoms with E-state index in [4.69, 9.17) is 5.11 Å². The van der Waals surface area contributed by atoms with Gasteiger partial charge in [-0.2, -0.15) is 4.31 Å². The van der Waals surface area contributed by atoms with Gasteiger partial charge < -0.3 is 19.9 Å². The molecule has 4 rings (SSSR count). The summed E-state index contributed by atoms with van der Waals surface area (Å²) < 4.78 is 47.0. The van der Waals surface area contributed by atoms with Crippen molar-refractivity contribution in [2.45, 2.75) is 101 Å². The van der Waals surface area contributed by atoms with Crippen molar-refractivity contribution < 1.29 is 32.9 Å². The van der Waals surface area contributed by atoms with E-state index in [0.29, 0.717) is 28.1 Å². The van der Waals surface area contributed by atoms with E-state index in [1.54, 1.807) is 16.4 Å². The van der Waals surface area contributed by atoms with Gasteiger partial charge in [-0.1, -0.05) is 44.2 Å². The Morgan fingerprint density at radius 3 is 2.07 bits per heavy atom. The molecule has 2 aromatic carbocycles. The third kappa shape index (κ3) is 7.79. The Labute approximate surface area is 275 Å². The van der Waals surface area contributed by atoms with Gasteiger partial charge in [0.1, 0.15) is 10.7 Å². The molecule has 0 bridgehead atoms. The average molecular weight is 625 g/mol. The summed E-state index contributed by atoms with van der Waals surface area (Å²) in [4.78, 5) is 11.2. The van der Waals surface area contributed by atoms with Crippen LogP contribution in [-0.4, -0.2) is 92.4 Å². The zero-order valence-electron chi connectivity index (χ0n) is 24.6. The molecular weight excluding hydrogens is 582 g/mol. The van der Waals surface area contributed by atoms with Crippen molar-refractivity contribution in [3.63, 3.8) is 0 Å². The zero-order valence-corrected chi connectivity index (χ0v) is 25.4. The van der Waals surface area contributed by atoms with Gasteiger partial charge in [0.25, 0.3) is 0 Å². The first-order valence-corrected chi connectivity index (χ1v) is 16.0. The maximum absolute atomic E-state index is 14.7. The van der Waals surface area contributed by atoms with E-state index in [1.807, 2.05) is 62.6 Å². The molecule has 1 aliphatic rings. The van der Waals surface area contributed by atoms with Crippen molar-refractivity contribution in [1.82, 2.24) is 8.87 Å². The predicted octanol–water partition coefficient (Wildman–Crippen LogP) is 4.97. The van der Waals surface area contributed by atoms with E-state index in [9.17, 15) is 27.8 Å². The molecule has 0 aliphatic carbocycles. The Balaban J connectivity index is 0.00000506. The summed E-state index contributed by atoms with van der Waals surface area (Å²) in [6.07, 6.45) is -1.19. The summed E-state index contributed by atoms with van der Waals surface area (Å²) in [6, 6.07) is 14.9. The molecule has 0 spiro atoms. The van der Waals surface area contributed by atoms with E-state index >= 15 is 0 Å². The number of hydrogen-bond donors (Lipinski definition) is 3. The molecule has 0 amide bonds. The van der Waals surface area contributed by atoms with Crippen LogP contribution in [0, 0.1) is 5.82 Å².